The van der Waals surface area contributed by atoms with Crippen molar-refractivity contribution in [3.8, 4) is 23.8 Å². The summed E-state index contributed by atoms with van der Waals surface area (Å²) in [5, 5.41) is 31.0. The summed E-state index contributed by atoms with van der Waals surface area (Å²) in [7, 11) is 1.63. The molecule has 1 fully saturated rings. The summed E-state index contributed by atoms with van der Waals surface area (Å²) in [5.74, 6) is 8.25. The lowest BCUT2D eigenvalue weighted by molar-refractivity contribution is -0.00223. The molecule has 0 spiro atoms. The van der Waals surface area contributed by atoms with Crippen molar-refractivity contribution >= 4 is 45.4 Å². The van der Waals surface area contributed by atoms with Crippen LogP contribution in [0.15, 0.2) is 87.2 Å². The summed E-state index contributed by atoms with van der Waals surface area (Å²) in [5.41, 5.74) is 12.6. The molecule has 2 aromatic carbocycles. The number of phenols is 1. The molecule has 3 rings (SSSR count). The van der Waals surface area contributed by atoms with Gasteiger partial charge in [-0.05, 0) is 81.6 Å². The minimum atomic E-state index is -0.520. The van der Waals surface area contributed by atoms with E-state index < -0.39 is 6.10 Å². The number of ether oxygens (including phenoxy) is 3. The predicted octanol–water partition coefficient (Wildman–Crippen LogP) is 6.18. The number of phenolic OH excluding ortho intramolecular Hbond substituents is 1. The second kappa shape index (κ2) is 27.9. The van der Waals surface area contributed by atoms with Crippen LogP contribution in [0.1, 0.15) is 46.6 Å². The zero-order valence-corrected chi connectivity index (χ0v) is 31.6. The zero-order chi connectivity index (χ0) is 37.0. The number of methoxy groups -OCH3 is 1. The van der Waals surface area contributed by atoms with Crippen molar-refractivity contribution in [1.29, 1.82) is 5.26 Å². The molecule has 1 saturated heterocycles. The van der Waals surface area contributed by atoms with E-state index in [1.54, 1.807) is 51.5 Å². The molecule has 4 unspecified atom stereocenters. The molecule has 1 heterocycles. The summed E-state index contributed by atoms with van der Waals surface area (Å²) in [6.45, 7) is 13.5. The van der Waals surface area contributed by atoms with Gasteiger partial charge in [0, 0.05) is 41.3 Å². The van der Waals surface area contributed by atoms with E-state index in [-0.39, 0.29) is 42.2 Å². The van der Waals surface area contributed by atoms with Crippen LogP contribution in [0.5, 0.6) is 5.75 Å². The zero-order valence-electron chi connectivity index (χ0n) is 29.2. The molecule has 13 heteroatoms. The number of allylic oxidation sites excluding steroid dienone is 1. The molecule has 0 radical (unpaired) electrons. The van der Waals surface area contributed by atoms with Gasteiger partial charge >= 0.3 is 0 Å². The Labute approximate surface area is 304 Å². The van der Waals surface area contributed by atoms with Crippen LogP contribution < -0.4 is 16.8 Å². The number of aliphatic hydroxyl groups excluding tert-OH is 1. The van der Waals surface area contributed by atoms with E-state index in [4.69, 9.17) is 30.3 Å². The Morgan fingerprint density at radius 3 is 2.51 bits per heavy atom. The average molecular weight is 760 g/mol. The third kappa shape index (κ3) is 19.0. The highest BCUT2D eigenvalue weighted by atomic mass is 79.9. The number of hydrogen-bond acceptors (Lipinski definition) is 11. The van der Waals surface area contributed by atoms with E-state index >= 15 is 0 Å². The van der Waals surface area contributed by atoms with Gasteiger partial charge in [-0.3, -0.25) is 9.98 Å². The molecule has 0 amide bonds. The summed E-state index contributed by atoms with van der Waals surface area (Å²) in [6.07, 6.45) is 4.54. The molecule has 4 atom stereocenters. The number of aliphatic imine (C=N–C) groups is 2. The first-order valence-corrected chi connectivity index (χ1v) is 17.7. The maximum absolute atomic E-state index is 9.94. The Hall–Kier alpha value is -3.98. The highest BCUT2D eigenvalue weighted by Gasteiger charge is 2.41. The topological polar surface area (TPSA) is 181 Å². The first-order valence-electron chi connectivity index (χ1n) is 15.7. The molecular weight excluding hydrogens is 708 g/mol. The van der Waals surface area contributed by atoms with Gasteiger partial charge in [-0.15, -0.1) is 5.26 Å². The first-order chi connectivity index (χ1) is 23.6. The molecule has 0 aromatic heterocycles. The van der Waals surface area contributed by atoms with Crippen molar-refractivity contribution < 1.29 is 24.4 Å². The summed E-state index contributed by atoms with van der Waals surface area (Å²) in [6, 6.07) is 14.7. The highest BCUT2D eigenvalue weighted by molar-refractivity contribution is 9.10. The van der Waals surface area contributed by atoms with Crippen LogP contribution in [-0.4, -0.2) is 78.4 Å². The molecule has 268 valence electrons. The van der Waals surface area contributed by atoms with Crippen molar-refractivity contribution in [2.24, 2.45) is 21.5 Å². The molecule has 49 heavy (non-hydrogen) atoms. The Balaban J connectivity index is 0.000000831. The molecule has 0 bridgehead atoms. The van der Waals surface area contributed by atoms with Crippen molar-refractivity contribution in [3.63, 3.8) is 0 Å². The molecular formula is C36H51BrN6O5S. The Morgan fingerprint density at radius 1 is 1.24 bits per heavy atom. The number of nitriles is 1. The fourth-order valence-corrected chi connectivity index (χ4v) is 5.44. The lowest BCUT2D eigenvalue weighted by Crippen LogP contribution is -2.34. The molecule has 11 nitrogen and oxygen atoms in total. The fraction of sp³-hybridized carbons (Fsp3) is 0.417. The third-order valence-corrected chi connectivity index (χ3v) is 7.84. The molecule has 2 aromatic rings. The van der Waals surface area contributed by atoms with Crippen LogP contribution in [0.4, 0.5) is 5.69 Å². The van der Waals surface area contributed by atoms with Crippen molar-refractivity contribution in [2.45, 2.75) is 65.5 Å². The number of rotatable bonds is 12. The normalized spacial score (nSPS) is 18.4. The third-order valence-electron chi connectivity index (χ3n) is 6.21. The van der Waals surface area contributed by atoms with Crippen molar-refractivity contribution in [1.82, 2.24) is 0 Å². The van der Waals surface area contributed by atoms with Gasteiger partial charge in [0.05, 0.1) is 12.2 Å². The number of nitrogens with zero attached hydrogens (tertiary/aromatic N) is 3. The predicted molar refractivity (Wildman–Crippen MR) is 206 cm³/mol. The average Bonchev–Trinajstić information content (AvgIpc) is 3.37. The molecule has 7 N–H and O–H groups in total. The number of benzene rings is 2. The van der Waals surface area contributed by atoms with Gasteiger partial charge < -0.3 is 41.2 Å². The molecule has 0 aliphatic carbocycles. The van der Waals surface area contributed by atoms with Gasteiger partial charge in [0.15, 0.2) is 0 Å². The van der Waals surface area contributed by atoms with Crippen LogP contribution in [0.25, 0.3) is 0 Å². The maximum atomic E-state index is 9.94. The number of hydrogen-bond donors (Lipinski definition) is 5. The van der Waals surface area contributed by atoms with Gasteiger partial charge in [-0.2, -0.15) is 11.8 Å². The van der Waals surface area contributed by atoms with Gasteiger partial charge in [0.1, 0.15) is 41.8 Å². The molecule has 0 saturated carbocycles. The summed E-state index contributed by atoms with van der Waals surface area (Å²) in [4.78, 5) is 8.13. The second-order valence-corrected chi connectivity index (χ2v) is 11.8. The number of nitrogens with one attached hydrogen (secondary N) is 1. The standard InChI is InChI=1S/C16H24BrNO3S.C16H16N4O2.C2H5N.C2H6/c1-11-15(19)16(20-2)14(21-11)10-22-8-4-7-18-13-6-3-5-12(17)9-13;1-3-19-15(12(2)22-11-17)16(18)20-10-4-5-13-6-8-14(21)9-7-13;1-2-3;1-2/h3,5-6,9,11,14-16,18-19H,4,7-8,10H2,1-2H3;3,6-9,21H,10H2,1-2H3,(H2,18,20);2H,1,3H2;1-2H3/b;15-12+,19-3?;;. The van der Waals surface area contributed by atoms with Crippen LogP contribution in [-0.2, 0) is 14.2 Å². The number of amidine groups is 1. The number of aromatic hydroxyl groups is 1. The number of thioether (sulfide) groups is 1. The molecule has 1 aliphatic heterocycles. The van der Waals surface area contributed by atoms with E-state index in [2.05, 4.69) is 67.5 Å². The monoisotopic (exact) mass is 758 g/mol. The quantitative estimate of drug-likeness (QED) is 0.0419. The number of aliphatic hydroxyl groups is 1. The second-order valence-electron chi connectivity index (χ2n) is 9.71. The van der Waals surface area contributed by atoms with E-state index in [1.807, 2.05) is 44.7 Å². The van der Waals surface area contributed by atoms with E-state index in [0.717, 1.165) is 40.2 Å². The number of anilines is 1. The minimum absolute atomic E-state index is 0.0157. The maximum Gasteiger partial charge on any atom is 0.291 e. The van der Waals surface area contributed by atoms with Gasteiger partial charge in [-0.25, -0.2) is 0 Å². The largest absolute Gasteiger partial charge is 0.508 e. The van der Waals surface area contributed by atoms with E-state index in [9.17, 15) is 5.11 Å². The Bertz CT molecular complexity index is 1420. The van der Waals surface area contributed by atoms with Gasteiger partial charge in [0.2, 0.25) is 0 Å². The SMILES string of the molecule is C=CN.CC.CC=N/C(C(N)=NCC#Cc1ccc(O)cc1)=C(\C)OC#N.COC1C(CSCCCNc2cccc(Br)c2)OC(C)C1O. The van der Waals surface area contributed by atoms with Gasteiger partial charge in [0.25, 0.3) is 6.26 Å². The lowest BCUT2D eigenvalue weighted by Gasteiger charge is -2.18. The van der Waals surface area contributed by atoms with Crippen LogP contribution in [0.3, 0.4) is 0 Å². The summed E-state index contributed by atoms with van der Waals surface area (Å²) < 4.78 is 16.9. The van der Waals surface area contributed by atoms with Crippen LogP contribution >= 0.6 is 27.7 Å². The van der Waals surface area contributed by atoms with E-state index in [0.29, 0.717) is 5.70 Å². The smallest absolute Gasteiger partial charge is 0.291 e. The fourth-order valence-electron chi connectivity index (χ4n) is 4.02. The number of nitrogens with two attached hydrogens (primary N) is 2. The van der Waals surface area contributed by atoms with Crippen LogP contribution in [0, 0.1) is 23.4 Å². The minimum Gasteiger partial charge on any atom is -0.508 e. The van der Waals surface area contributed by atoms with E-state index in [1.165, 1.54) is 12.4 Å². The van der Waals surface area contributed by atoms with Crippen molar-refractivity contribution in [3.05, 3.63) is 82.8 Å². The number of halogens is 1. The lowest BCUT2D eigenvalue weighted by atomic mass is 10.1. The highest BCUT2D eigenvalue weighted by Crippen LogP contribution is 2.26. The molecule has 1 aliphatic rings. The first kappa shape index (κ1) is 45.0. The summed E-state index contributed by atoms with van der Waals surface area (Å²) >= 11 is 5.31. The van der Waals surface area contributed by atoms with Crippen molar-refractivity contribution in [2.75, 3.05) is 37.0 Å². The Morgan fingerprint density at radius 2 is 1.92 bits per heavy atom. The van der Waals surface area contributed by atoms with Crippen LogP contribution in [0.2, 0.25) is 0 Å². The Kier molecular flexibility index (Phi) is 25.7. The van der Waals surface area contributed by atoms with Gasteiger partial charge in [-0.1, -0.05) is 54.3 Å².